The maximum Gasteiger partial charge on any atom is 0.230 e. The molecule has 3 aromatic rings. The second kappa shape index (κ2) is 10.0. The Bertz CT molecular complexity index is 946. The summed E-state index contributed by atoms with van der Waals surface area (Å²) in [5.41, 5.74) is 1.88. The number of nitrogens with two attached hydrogens (primary N) is 1. The summed E-state index contributed by atoms with van der Waals surface area (Å²) in [4.78, 5) is 12.1. The number of nitrogens with one attached hydrogen (secondary N) is 2. The van der Waals surface area contributed by atoms with E-state index in [1.165, 1.54) is 16.4 Å². The molecule has 0 atom stereocenters. The number of halogens is 1. The van der Waals surface area contributed by atoms with Gasteiger partial charge in [0.25, 0.3) is 0 Å². The maximum absolute atomic E-state index is 12.1. The lowest BCUT2D eigenvalue weighted by molar-refractivity contribution is -0.118. The Morgan fingerprint density at radius 2 is 1.86 bits per heavy atom. The molecule has 0 unspecified atom stereocenters. The first-order valence-corrected chi connectivity index (χ1v) is 10.1. The van der Waals surface area contributed by atoms with Crippen LogP contribution in [-0.4, -0.2) is 33.6 Å². The first-order valence-electron chi connectivity index (χ1n) is 8.76. The Labute approximate surface area is 177 Å². The number of thioether (sulfide) groups is 1. The molecule has 0 fully saturated rings. The van der Waals surface area contributed by atoms with Crippen LogP contribution in [0.5, 0.6) is 5.75 Å². The number of anilines is 1. The van der Waals surface area contributed by atoms with Crippen LogP contribution in [0.2, 0.25) is 5.02 Å². The van der Waals surface area contributed by atoms with E-state index in [9.17, 15) is 4.79 Å². The molecule has 0 spiro atoms. The number of nitrogens with zero attached hydrogens (tertiary/aromatic N) is 3. The summed E-state index contributed by atoms with van der Waals surface area (Å²) in [5, 5.41) is 15.3. The predicted octanol–water partition coefficient (Wildman–Crippen LogP) is 2.67. The number of carbonyl (C=O) groups excluding carboxylic acids is 1. The van der Waals surface area contributed by atoms with Crippen LogP contribution in [-0.2, 0) is 17.9 Å². The molecule has 1 heterocycles. The smallest absolute Gasteiger partial charge is 0.230 e. The zero-order chi connectivity index (χ0) is 20.6. The number of benzene rings is 2. The lowest BCUT2D eigenvalue weighted by atomic mass is 10.2. The number of carbonyl (C=O) groups is 1. The molecular weight excluding hydrogens is 412 g/mol. The maximum atomic E-state index is 12.1. The van der Waals surface area contributed by atoms with E-state index in [1.54, 1.807) is 19.2 Å². The van der Waals surface area contributed by atoms with E-state index in [-0.39, 0.29) is 11.7 Å². The van der Waals surface area contributed by atoms with Gasteiger partial charge in [0.1, 0.15) is 5.75 Å². The summed E-state index contributed by atoms with van der Waals surface area (Å²) >= 11 is 7.08. The van der Waals surface area contributed by atoms with Crippen molar-refractivity contribution in [2.24, 2.45) is 0 Å². The number of aromatic nitrogens is 3. The number of hydrogen-bond donors (Lipinski definition) is 3. The zero-order valence-corrected chi connectivity index (χ0v) is 17.3. The van der Waals surface area contributed by atoms with E-state index in [4.69, 9.17) is 22.2 Å². The molecule has 4 N–H and O–H groups in total. The van der Waals surface area contributed by atoms with Crippen molar-refractivity contribution in [3.05, 3.63) is 64.9 Å². The topological polar surface area (TPSA) is 107 Å². The van der Waals surface area contributed by atoms with Crippen LogP contribution in [0.3, 0.4) is 0 Å². The molecule has 2 aromatic carbocycles. The largest absolute Gasteiger partial charge is 0.497 e. The Morgan fingerprint density at radius 1 is 1.14 bits per heavy atom. The summed E-state index contributed by atoms with van der Waals surface area (Å²) in [6.45, 7) is 0.835. The standard InChI is InChI=1S/C19H21ClN6O2S/c1-28-16-8-6-15(7-9-16)22-11-17-24-25-19(26(17)21)29-12-18(27)23-10-13-2-4-14(20)5-3-13/h2-9,22H,10-12,21H2,1H3,(H,23,27). The van der Waals surface area contributed by atoms with E-state index in [1.807, 2.05) is 36.4 Å². The van der Waals surface area contributed by atoms with Crippen molar-refractivity contribution in [1.29, 1.82) is 0 Å². The van der Waals surface area contributed by atoms with Crippen molar-refractivity contribution in [2.75, 3.05) is 24.0 Å². The molecule has 1 amide bonds. The molecule has 0 bridgehead atoms. The molecule has 8 nitrogen and oxygen atoms in total. The Balaban J connectivity index is 1.45. The van der Waals surface area contributed by atoms with Gasteiger partial charge in [-0.1, -0.05) is 35.5 Å². The summed E-state index contributed by atoms with van der Waals surface area (Å²) in [6.07, 6.45) is 0. The van der Waals surface area contributed by atoms with Crippen LogP contribution in [0, 0.1) is 0 Å². The van der Waals surface area contributed by atoms with E-state index in [0.717, 1.165) is 17.0 Å². The van der Waals surface area contributed by atoms with Gasteiger partial charge in [-0.3, -0.25) is 4.79 Å². The van der Waals surface area contributed by atoms with Gasteiger partial charge in [-0.05, 0) is 42.0 Å². The summed E-state index contributed by atoms with van der Waals surface area (Å²) in [5.74, 6) is 7.46. The van der Waals surface area contributed by atoms with Crippen molar-refractivity contribution in [1.82, 2.24) is 20.2 Å². The Kier molecular flexibility index (Phi) is 7.20. The highest BCUT2D eigenvalue weighted by Gasteiger charge is 2.12. The first kappa shape index (κ1) is 20.8. The highest BCUT2D eigenvalue weighted by atomic mass is 35.5. The predicted molar refractivity (Wildman–Crippen MR) is 115 cm³/mol. The van der Waals surface area contributed by atoms with Crippen molar-refractivity contribution in [2.45, 2.75) is 18.2 Å². The van der Waals surface area contributed by atoms with E-state index < -0.39 is 0 Å². The lowest BCUT2D eigenvalue weighted by Gasteiger charge is -2.08. The quantitative estimate of drug-likeness (QED) is 0.352. The van der Waals surface area contributed by atoms with E-state index in [0.29, 0.717) is 29.1 Å². The average Bonchev–Trinajstić information content (AvgIpc) is 3.10. The molecule has 0 radical (unpaired) electrons. The van der Waals surface area contributed by atoms with Gasteiger partial charge >= 0.3 is 0 Å². The lowest BCUT2D eigenvalue weighted by Crippen LogP contribution is -2.25. The molecule has 152 valence electrons. The number of ether oxygens (including phenoxy) is 1. The highest BCUT2D eigenvalue weighted by Crippen LogP contribution is 2.17. The van der Waals surface area contributed by atoms with Crippen LogP contribution in [0.4, 0.5) is 5.69 Å². The second-order valence-electron chi connectivity index (χ2n) is 6.04. The van der Waals surface area contributed by atoms with Gasteiger partial charge in [0.15, 0.2) is 5.82 Å². The van der Waals surface area contributed by atoms with Crippen LogP contribution in [0.15, 0.2) is 53.7 Å². The van der Waals surface area contributed by atoms with Crippen LogP contribution in [0.1, 0.15) is 11.4 Å². The number of methoxy groups -OCH3 is 1. The van der Waals surface area contributed by atoms with Gasteiger partial charge in [0, 0.05) is 17.3 Å². The minimum Gasteiger partial charge on any atom is -0.497 e. The number of rotatable bonds is 9. The van der Waals surface area contributed by atoms with Crippen molar-refractivity contribution in [3.63, 3.8) is 0 Å². The Hall–Kier alpha value is -2.91. The number of hydrogen-bond acceptors (Lipinski definition) is 7. The molecule has 3 rings (SSSR count). The fourth-order valence-electron chi connectivity index (χ4n) is 2.40. The van der Waals surface area contributed by atoms with Crippen LogP contribution < -0.4 is 21.2 Å². The monoisotopic (exact) mass is 432 g/mol. The molecule has 29 heavy (non-hydrogen) atoms. The molecule has 0 saturated heterocycles. The number of amides is 1. The molecule has 0 aliphatic carbocycles. The minimum absolute atomic E-state index is 0.120. The van der Waals surface area contributed by atoms with Crippen molar-refractivity contribution < 1.29 is 9.53 Å². The number of nitrogen functional groups attached to an aromatic ring is 1. The average molecular weight is 433 g/mol. The van der Waals surface area contributed by atoms with Gasteiger partial charge in [-0.15, -0.1) is 10.2 Å². The van der Waals surface area contributed by atoms with Crippen molar-refractivity contribution >= 4 is 35.0 Å². The summed E-state index contributed by atoms with van der Waals surface area (Å²) in [6, 6.07) is 14.8. The molecule has 0 aliphatic rings. The van der Waals surface area contributed by atoms with Gasteiger partial charge < -0.3 is 21.2 Å². The minimum atomic E-state index is -0.120. The normalized spacial score (nSPS) is 10.6. The van der Waals surface area contributed by atoms with Crippen molar-refractivity contribution in [3.8, 4) is 5.75 Å². The molecular formula is C19H21ClN6O2S. The SMILES string of the molecule is COc1ccc(NCc2nnc(SCC(=O)NCc3ccc(Cl)cc3)n2N)cc1. The third-order valence-electron chi connectivity index (χ3n) is 4.01. The van der Waals surface area contributed by atoms with Gasteiger partial charge in [-0.2, -0.15) is 0 Å². The molecule has 10 heteroatoms. The second-order valence-corrected chi connectivity index (χ2v) is 7.42. The van der Waals surface area contributed by atoms with Crippen LogP contribution in [0.25, 0.3) is 0 Å². The van der Waals surface area contributed by atoms with Gasteiger partial charge in [-0.25, -0.2) is 4.68 Å². The van der Waals surface area contributed by atoms with E-state index in [2.05, 4.69) is 20.8 Å². The fraction of sp³-hybridized carbons (Fsp3) is 0.211. The third-order valence-corrected chi connectivity index (χ3v) is 5.21. The van der Waals surface area contributed by atoms with Gasteiger partial charge in [0.05, 0.1) is 19.4 Å². The zero-order valence-electron chi connectivity index (χ0n) is 15.8. The van der Waals surface area contributed by atoms with E-state index >= 15 is 0 Å². The Morgan fingerprint density at radius 3 is 2.55 bits per heavy atom. The summed E-state index contributed by atoms with van der Waals surface area (Å²) < 4.78 is 6.52. The fourth-order valence-corrected chi connectivity index (χ4v) is 3.23. The molecule has 1 aromatic heterocycles. The van der Waals surface area contributed by atoms with Gasteiger partial charge in [0.2, 0.25) is 11.1 Å². The first-order chi connectivity index (χ1) is 14.0. The van der Waals surface area contributed by atoms with Crippen LogP contribution >= 0.6 is 23.4 Å². The molecule has 0 aliphatic heterocycles. The third kappa shape index (κ3) is 6.03. The molecule has 0 saturated carbocycles. The summed E-state index contributed by atoms with van der Waals surface area (Å²) in [7, 11) is 1.62. The highest BCUT2D eigenvalue weighted by molar-refractivity contribution is 7.99.